The van der Waals surface area contributed by atoms with Crippen molar-refractivity contribution in [3.05, 3.63) is 46.8 Å². The Bertz CT molecular complexity index is 1300. The van der Waals surface area contributed by atoms with E-state index in [-0.39, 0.29) is 0 Å². The number of H-pyrrole nitrogens is 1. The van der Waals surface area contributed by atoms with Gasteiger partial charge in [0.25, 0.3) is 0 Å². The molecule has 30 heavy (non-hydrogen) atoms. The molecule has 154 valence electrons. The van der Waals surface area contributed by atoms with Gasteiger partial charge in [-0.15, -0.1) is 0 Å². The Morgan fingerprint density at radius 2 is 2.13 bits per heavy atom. The van der Waals surface area contributed by atoms with E-state index in [9.17, 15) is 13.7 Å². The molecule has 2 aliphatic rings. The summed E-state index contributed by atoms with van der Waals surface area (Å²) in [5.41, 5.74) is 3.72. The second-order valence-corrected chi connectivity index (χ2v) is 9.50. The standard InChI is InChI=1S/C19H19N7O3S/c1-30(27,28)26-8-3-2-7-15(26)18-12(9-20)16(13-10-21-23-19(13)22-18)11-5-4-6-14-17(11)25-29-24-14/h4-6,10,15-16H,2-3,7-8H2,1H3,(H2,21,22,23). The van der Waals surface area contributed by atoms with Gasteiger partial charge in [0.1, 0.15) is 16.9 Å². The lowest BCUT2D eigenvalue weighted by Gasteiger charge is -2.38. The maximum Gasteiger partial charge on any atom is 0.211 e. The third-order valence-electron chi connectivity index (χ3n) is 5.78. The van der Waals surface area contributed by atoms with Crippen LogP contribution >= 0.6 is 0 Å². The molecule has 1 fully saturated rings. The van der Waals surface area contributed by atoms with Crippen molar-refractivity contribution in [1.29, 1.82) is 5.26 Å². The van der Waals surface area contributed by atoms with Crippen LogP contribution in [0.1, 0.15) is 36.3 Å². The highest BCUT2D eigenvalue weighted by Crippen LogP contribution is 2.44. The lowest BCUT2D eigenvalue weighted by molar-refractivity contribution is 0.282. The highest BCUT2D eigenvalue weighted by molar-refractivity contribution is 7.88. The second-order valence-electron chi connectivity index (χ2n) is 7.56. The zero-order chi connectivity index (χ0) is 20.9. The Hall–Kier alpha value is -3.23. The number of piperidine rings is 1. The number of rotatable bonds is 3. The van der Waals surface area contributed by atoms with E-state index in [0.717, 1.165) is 24.0 Å². The van der Waals surface area contributed by atoms with Crippen LogP contribution in [0.4, 0.5) is 5.82 Å². The van der Waals surface area contributed by atoms with Crippen LogP contribution in [0, 0.1) is 11.3 Å². The van der Waals surface area contributed by atoms with Crippen molar-refractivity contribution in [1.82, 2.24) is 24.8 Å². The summed E-state index contributed by atoms with van der Waals surface area (Å²) in [6.45, 7) is 0.427. The lowest BCUT2D eigenvalue weighted by atomic mass is 9.80. The monoisotopic (exact) mass is 425 g/mol. The molecule has 2 unspecified atom stereocenters. The van der Waals surface area contributed by atoms with E-state index in [1.807, 2.05) is 12.1 Å². The molecule has 10 nitrogen and oxygen atoms in total. The summed E-state index contributed by atoms with van der Waals surface area (Å²) in [6.07, 6.45) is 5.18. The Balaban J connectivity index is 1.73. The number of aromatic amines is 1. The molecule has 0 aliphatic carbocycles. The van der Waals surface area contributed by atoms with Crippen LogP contribution in [0.25, 0.3) is 11.0 Å². The summed E-state index contributed by atoms with van der Waals surface area (Å²) >= 11 is 0. The zero-order valence-electron chi connectivity index (χ0n) is 16.2. The highest BCUT2D eigenvalue weighted by Gasteiger charge is 2.40. The van der Waals surface area contributed by atoms with Gasteiger partial charge in [-0.25, -0.2) is 13.0 Å². The van der Waals surface area contributed by atoms with Crippen LogP contribution in [0.5, 0.6) is 0 Å². The molecule has 1 saturated heterocycles. The summed E-state index contributed by atoms with van der Waals surface area (Å²) in [4.78, 5) is 0. The van der Waals surface area contributed by atoms with Crippen molar-refractivity contribution in [2.75, 3.05) is 18.1 Å². The van der Waals surface area contributed by atoms with Gasteiger partial charge in [0, 0.05) is 17.8 Å². The van der Waals surface area contributed by atoms with Gasteiger partial charge < -0.3 is 5.32 Å². The van der Waals surface area contributed by atoms with E-state index in [2.05, 4.69) is 31.9 Å². The molecule has 0 bridgehead atoms. The van der Waals surface area contributed by atoms with Gasteiger partial charge in [-0.1, -0.05) is 18.6 Å². The molecule has 4 heterocycles. The summed E-state index contributed by atoms with van der Waals surface area (Å²) in [7, 11) is -3.44. The zero-order valence-corrected chi connectivity index (χ0v) is 17.0. The molecular weight excluding hydrogens is 406 g/mol. The van der Waals surface area contributed by atoms with E-state index >= 15 is 0 Å². The van der Waals surface area contributed by atoms with Crippen molar-refractivity contribution >= 4 is 26.9 Å². The number of benzene rings is 1. The molecule has 0 saturated carbocycles. The quantitative estimate of drug-likeness (QED) is 0.650. The fourth-order valence-corrected chi connectivity index (χ4v) is 5.62. The average molecular weight is 425 g/mol. The molecule has 0 spiro atoms. The highest BCUT2D eigenvalue weighted by atomic mass is 32.2. The molecule has 2 N–H and O–H groups in total. The fourth-order valence-electron chi connectivity index (χ4n) is 4.49. The van der Waals surface area contributed by atoms with Gasteiger partial charge in [0.05, 0.1) is 36.1 Å². The number of nitrogens with one attached hydrogen (secondary N) is 2. The summed E-state index contributed by atoms with van der Waals surface area (Å²) in [5.74, 6) is 0.167. The van der Waals surface area contributed by atoms with E-state index < -0.39 is 22.0 Å². The van der Waals surface area contributed by atoms with Gasteiger partial charge in [-0.3, -0.25) is 5.10 Å². The van der Waals surface area contributed by atoms with Crippen LogP contribution in [0.15, 0.2) is 40.3 Å². The normalized spacial score (nSPS) is 22.5. The molecule has 5 rings (SSSR count). The molecule has 2 atom stereocenters. The van der Waals surface area contributed by atoms with E-state index in [4.69, 9.17) is 4.63 Å². The average Bonchev–Trinajstić information content (AvgIpc) is 3.40. The smallest absolute Gasteiger partial charge is 0.211 e. The molecule has 1 aromatic carbocycles. The summed E-state index contributed by atoms with van der Waals surface area (Å²) in [6, 6.07) is 7.39. The molecule has 0 radical (unpaired) electrons. The number of fused-ring (bicyclic) bond motifs is 2. The Morgan fingerprint density at radius 1 is 1.27 bits per heavy atom. The number of sulfonamides is 1. The number of aromatic nitrogens is 4. The minimum atomic E-state index is -3.44. The first-order valence-electron chi connectivity index (χ1n) is 9.61. The maximum atomic E-state index is 12.5. The van der Waals surface area contributed by atoms with Crippen LogP contribution < -0.4 is 5.32 Å². The molecule has 2 aromatic heterocycles. The van der Waals surface area contributed by atoms with Crippen LogP contribution in [-0.4, -0.2) is 52.1 Å². The number of nitrogens with zero attached hydrogens (tertiary/aromatic N) is 5. The fraction of sp³-hybridized carbons (Fsp3) is 0.368. The van der Waals surface area contributed by atoms with E-state index in [1.54, 1.807) is 12.3 Å². The Morgan fingerprint density at radius 3 is 2.93 bits per heavy atom. The van der Waals surface area contributed by atoms with Gasteiger partial charge in [-0.2, -0.15) is 14.7 Å². The summed E-state index contributed by atoms with van der Waals surface area (Å²) < 4.78 is 31.3. The predicted octanol–water partition coefficient (Wildman–Crippen LogP) is 2.10. The van der Waals surface area contributed by atoms with E-state index in [1.165, 1.54) is 10.6 Å². The molecule has 3 aromatic rings. The Kier molecular flexibility index (Phi) is 4.34. The summed E-state index contributed by atoms with van der Waals surface area (Å²) in [5, 5.41) is 28.5. The van der Waals surface area contributed by atoms with Gasteiger partial charge >= 0.3 is 0 Å². The first kappa shape index (κ1) is 18.8. The van der Waals surface area contributed by atoms with Gasteiger partial charge in [0.2, 0.25) is 10.0 Å². The number of nitriles is 1. The molecule has 0 amide bonds. The topological polar surface area (TPSA) is 141 Å². The van der Waals surface area contributed by atoms with Crippen LogP contribution in [0.3, 0.4) is 0 Å². The number of allylic oxidation sites excluding steroid dienone is 1. The number of hydrogen-bond donors (Lipinski definition) is 2. The van der Waals surface area contributed by atoms with Crippen LogP contribution in [0.2, 0.25) is 0 Å². The Labute approximate surface area is 172 Å². The maximum absolute atomic E-state index is 12.5. The minimum absolute atomic E-state index is 0.427. The first-order valence-corrected chi connectivity index (χ1v) is 11.5. The largest absolute Gasteiger partial charge is 0.342 e. The minimum Gasteiger partial charge on any atom is -0.342 e. The molecule has 2 aliphatic heterocycles. The van der Waals surface area contributed by atoms with Crippen molar-refractivity contribution < 1.29 is 13.0 Å². The number of hydrogen-bond acceptors (Lipinski definition) is 8. The van der Waals surface area contributed by atoms with E-state index in [0.29, 0.717) is 41.1 Å². The van der Waals surface area contributed by atoms with Crippen molar-refractivity contribution in [3.63, 3.8) is 0 Å². The first-order chi connectivity index (χ1) is 14.5. The number of anilines is 1. The third-order valence-corrected chi connectivity index (χ3v) is 7.07. The lowest BCUT2D eigenvalue weighted by Crippen LogP contribution is -2.46. The van der Waals surface area contributed by atoms with Gasteiger partial charge in [0.15, 0.2) is 0 Å². The van der Waals surface area contributed by atoms with Crippen molar-refractivity contribution in [3.8, 4) is 6.07 Å². The second kappa shape index (κ2) is 6.93. The third kappa shape index (κ3) is 2.88. The van der Waals surface area contributed by atoms with Crippen molar-refractivity contribution in [2.45, 2.75) is 31.2 Å². The predicted molar refractivity (Wildman–Crippen MR) is 108 cm³/mol. The molecular formula is C19H19N7O3S. The van der Waals surface area contributed by atoms with Crippen molar-refractivity contribution in [2.24, 2.45) is 0 Å². The van der Waals surface area contributed by atoms with Crippen LogP contribution in [-0.2, 0) is 10.0 Å². The SMILES string of the molecule is CS(=O)(=O)N1CCCCC1C1=C(C#N)C(c2cccc3nonc23)c2cn[nH]c2N1. The van der Waals surface area contributed by atoms with Gasteiger partial charge in [-0.05, 0) is 34.8 Å². The molecule has 11 heteroatoms.